The lowest BCUT2D eigenvalue weighted by atomic mass is 9.88. The Kier molecular flexibility index (Phi) is 5.58. The Hall–Kier alpha value is -1.99. The van der Waals surface area contributed by atoms with Crippen molar-refractivity contribution in [3.05, 3.63) is 39.8 Å². The van der Waals surface area contributed by atoms with Crippen LogP contribution in [0.3, 0.4) is 0 Å². The summed E-state index contributed by atoms with van der Waals surface area (Å²) in [6.07, 6.45) is 4.74. The van der Waals surface area contributed by atoms with Gasteiger partial charge in [0.2, 0.25) is 0 Å². The number of thioether (sulfide) groups is 1. The largest absolute Gasteiger partial charge is 0.496 e. The normalized spacial score (nSPS) is 16.0. The molecule has 0 bridgehead atoms. The lowest BCUT2D eigenvalue weighted by molar-refractivity contribution is 0.1000. The number of hydrogen-bond acceptors (Lipinski definition) is 5. The van der Waals surface area contributed by atoms with Gasteiger partial charge in [0, 0.05) is 9.77 Å². The minimum Gasteiger partial charge on any atom is -0.496 e. The third-order valence-electron chi connectivity index (χ3n) is 4.64. The highest BCUT2D eigenvalue weighted by Crippen LogP contribution is 2.40. The van der Waals surface area contributed by atoms with Gasteiger partial charge in [0.25, 0.3) is 11.8 Å². The highest BCUT2D eigenvalue weighted by atomic mass is 32.2. The zero-order valence-corrected chi connectivity index (χ0v) is 16.7. The second-order valence-corrected chi connectivity index (χ2v) is 8.43. The molecule has 0 unspecified atom stereocenters. The number of thiophene rings is 1. The standard InChI is InChI=1S/C19H22N2O3S2/c1-10-4-6-13-15(8-10)26-19(16(13)17(20)22)21-18(23)12-7-5-11(25-3)9-14(12)24-2/h5,7,9-10H,4,6,8H2,1-3H3,(H2,20,22)(H,21,23)/t10-/m0/s1. The van der Waals surface area contributed by atoms with Gasteiger partial charge < -0.3 is 15.8 Å². The third-order valence-corrected chi connectivity index (χ3v) is 6.53. The van der Waals surface area contributed by atoms with Gasteiger partial charge in [0.1, 0.15) is 10.8 Å². The van der Waals surface area contributed by atoms with Crippen LogP contribution in [0.15, 0.2) is 23.1 Å². The van der Waals surface area contributed by atoms with E-state index < -0.39 is 5.91 Å². The fourth-order valence-electron chi connectivity index (χ4n) is 3.26. The fraction of sp³-hybridized carbons (Fsp3) is 0.368. The summed E-state index contributed by atoms with van der Waals surface area (Å²) in [5.41, 5.74) is 7.51. The summed E-state index contributed by atoms with van der Waals surface area (Å²) in [6.45, 7) is 2.20. The number of methoxy groups -OCH3 is 1. The summed E-state index contributed by atoms with van der Waals surface area (Å²) >= 11 is 3.04. The molecule has 3 rings (SSSR count). The first-order valence-corrected chi connectivity index (χ1v) is 10.5. The number of benzene rings is 1. The van der Waals surface area contributed by atoms with E-state index in [4.69, 9.17) is 10.5 Å². The fourth-order valence-corrected chi connectivity index (χ4v) is 5.10. The zero-order chi connectivity index (χ0) is 18.8. The van der Waals surface area contributed by atoms with Gasteiger partial charge in [0.05, 0.1) is 18.2 Å². The number of rotatable bonds is 5. The summed E-state index contributed by atoms with van der Waals surface area (Å²) in [7, 11) is 1.54. The Morgan fingerprint density at radius 2 is 2.15 bits per heavy atom. The van der Waals surface area contributed by atoms with E-state index in [0.717, 1.165) is 34.6 Å². The molecule has 7 heteroatoms. The molecule has 5 nitrogen and oxygen atoms in total. The van der Waals surface area contributed by atoms with Crippen LogP contribution in [0, 0.1) is 5.92 Å². The number of nitrogens with one attached hydrogen (secondary N) is 1. The van der Waals surface area contributed by atoms with E-state index in [2.05, 4.69) is 12.2 Å². The number of hydrogen-bond donors (Lipinski definition) is 2. The molecule has 3 N–H and O–H groups in total. The third kappa shape index (κ3) is 3.59. The van der Waals surface area contributed by atoms with Crippen LogP contribution < -0.4 is 15.8 Å². The number of amides is 2. The monoisotopic (exact) mass is 390 g/mol. The molecule has 1 atom stereocenters. The van der Waals surface area contributed by atoms with E-state index in [9.17, 15) is 9.59 Å². The van der Waals surface area contributed by atoms with Gasteiger partial charge in [-0.3, -0.25) is 9.59 Å². The van der Waals surface area contributed by atoms with Gasteiger partial charge in [-0.1, -0.05) is 6.92 Å². The summed E-state index contributed by atoms with van der Waals surface area (Å²) in [5, 5.41) is 3.42. The smallest absolute Gasteiger partial charge is 0.260 e. The molecule has 0 aliphatic heterocycles. The van der Waals surface area contributed by atoms with Gasteiger partial charge in [-0.05, 0) is 55.2 Å². The number of anilines is 1. The van der Waals surface area contributed by atoms with E-state index in [-0.39, 0.29) is 5.91 Å². The molecule has 0 saturated heterocycles. The molecule has 0 fully saturated rings. The van der Waals surface area contributed by atoms with Crippen molar-refractivity contribution >= 4 is 39.9 Å². The van der Waals surface area contributed by atoms with Crippen molar-refractivity contribution < 1.29 is 14.3 Å². The van der Waals surface area contributed by atoms with Gasteiger partial charge >= 0.3 is 0 Å². The topological polar surface area (TPSA) is 81.4 Å². The molecule has 0 spiro atoms. The van der Waals surface area contributed by atoms with Crippen LogP contribution in [0.5, 0.6) is 5.75 Å². The number of nitrogens with two attached hydrogens (primary N) is 1. The Morgan fingerprint density at radius 3 is 2.81 bits per heavy atom. The minimum absolute atomic E-state index is 0.302. The van der Waals surface area contributed by atoms with Gasteiger partial charge in [-0.2, -0.15) is 0 Å². The quantitative estimate of drug-likeness (QED) is 0.757. The lowest BCUT2D eigenvalue weighted by Gasteiger charge is -2.18. The van der Waals surface area contributed by atoms with Crippen LogP contribution in [-0.2, 0) is 12.8 Å². The Bertz CT molecular complexity index is 861. The maximum absolute atomic E-state index is 12.8. The first kappa shape index (κ1) is 18.8. The highest BCUT2D eigenvalue weighted by Gasteiger charge is 2.27. The lowest BCUT2D eigenvalue weighted by Crippen LogP contribution is -2.19. The number of carbonyl (C=O) groups is 2. The molecule has 1 aliphatic rings. The maximum atomic E-state index is 12.8. The molecule has 2 aromatic rings. The average molecular weight is 391 g/mol. The molecule has 1 aliphatic carbocycles. The predicted molar refractivity (Wildman–Crippen MR) is 107 cm³/mol. The molecule has 2 amide bonds. The molecule has 26 heavy (non-hydrogen) atoms. The summed E-state index contributed by atoms with van der Waals surface area (Å²) in [5.74, 6) is 0.287. The maximum Gasteiger partial charge on any atom is 0.260 e. The van der Waals surface area contributed by atoms with Crippen molar-refractivity contribution in [1.82, 2.24) is 0 Å². The molecule has 1 aromatic carbocycles. The molecule has 1 heterocycles. The molecule has 1 aromatic heterocycles. The van der Waals surface area contributed by atoms with Crippen molar-refractivity contribution in [2.45, 2.75) is 31.1 Å². The second kappa shape index (κ2) is 7.72. The Labute approximate surface area is 161 Å². The van der Waals surface area contributed by atoms with E-state index in [0.29, 0.717) is 27.8 Å². The van der Waals surface area contributed by atoms with Crippen molar-refractivity contribution in [3.63, 3.8) is 0 Å². The van der Waals surface area contributed by atoms with Crippen molar-refractivity contribution in [2.24, 2.45) is 11.7 Å². The van der Waals surface area contributed by atoms with Gasteiger partial charge in [-0.15, -0.1) is 23.1 Å². The minimum atomic E-state index is -0.489. The molecule has 0 radical (unpaired) electrons. The summed E-state index contributed by atoms with van der Waals surface area (Å²) in [6, 6.07) is 5.44. The molecule has 0 saturated carbocycles. The average Bonchev–Trinajstić information content (AvgIpc) is 2.97. The van der Waals surface area contributed by atoms with Crippen LogP contribution in [0.1, 0.15) is 44.5 Å². The summed E-state index contributed by atoms with van der Waals surface area (Å²) in [4.78, 5) is 27.0. The van der Waals surface area contributed by atoms with Crippen molar-refractivity contribution in [2.75, 3.05) is 18.7 Å². The number of carbonyl (C=O) groups excluding carboxylic acids is 2. The zero-order valence-electron chi connectivity index (χ0n) is 15.0. The van der Waals surface area contributed by atoms with E-state index in [1.165, 1.54) is 18.4 Å². The SMILES string of the molecule is COc1cc(SC)ccc1C(=O)Nc1sc2c(c1C(N)=O)CC[C@H](C)C2. The van der Waals surface area contributed by atoms with Crippen LogP contribution in [0.2, 0.25) is 0 Å². The molecular weight excluding hydrogens is 368 g/mol. The Morgan fingerprint density at radius 1 is 1.38 bits per heavy atom. The van der Waals surface area contributed by atoms with E-state index in [1.54, 1.807) is 17.8 Å². The van der Waals surface area contributed by atoms with Gasteiger partial charge in [0.15, 0.2) is 0 Å². The van der Waals surface area contributed by atoms with Crippen LogP contribution >= 0.6 is 23.1 Å². The highest BCUT2D eigenvalue weighted by molar-refractivity contribution is 7.98. The predicted octanol–water partition coefficient (Wildman–Crippen LogP) is 3.95. The number of primary amides is 1. The van der Waals surface area contributed by atoms with Crippen LogP contribution in [-0.4, -0.2) is 25.2 Å². The van der Waals surface area contributed by atoms with E-state index >= 15 is 0 Å². The first-order valence-electron chi connectivity index (χ1n) is 8.42. The number of ether oxygens (including phenoxy) is 1. The van der Waals surface area contributed by atoms with Crippen LogP contribution in [0.4, 0.5) is 5.00 Å². The van der Waals surface area contributed by atoms with Gasteiger partial charge in [-0.25, -0.2) is 0 Å². The number of fused-ring (bicyclic) bond motifs is 1. The molecular formula is C19H22N2O3S2. The van der Waals surface area contributed by atoms with Crippen LogP contribution in [0.25, 0.3) is 0 Å². The first-order chi connectivity index (χ1) is 12.4. The summed E-state index contributed by atoms with van der Waals surface area (Å²) < 4.78 is 5.36. The molecule has 138 valence electrons. The van der Waals surface area contributed by atoms with E-state index in [1.807, 2.05) is 18.4 Å². The van der Waals surface area contributed by atoms with Crippen molar-refractivity contribution in [1.29, 1.82) is 0 Å². The van der Waals surface area contributed by atoms with Crippen molar-refractivity contribution in [3.8, 4) is 5.75 Å². The Balaban J connectivity index is 1.94. The second-order valence-electron chi connectivity index (χ2n) is 6.44.